The molecular formula is C17H26Cl2F3N3O2. The highest BCUT2D eigenvalue weighted by Gasteiger charge is 2.30. The summed E-state index contributed by atoms with van der Waals surface area (Å²) in [6.45, 7) is 2.05. The lowest BCUT2D eigenvalue weighted by atomic mass is 10.0. The summed E-state index contributed by atoms with van der Waals surface area (Å²) in [5, 5.41) is 2.90. The first kappa shape index (κ1) is 25.9. The molecule has 156 valence electrons. The third kappa shape index (κ3) is 8.23. The Balaban J connectivity index is 0.00000338. The monoisotopic (exact) mass is 431 g/mol. The number of alkyl halides is 3. The minimum absolute atomic E-state index is 0. The Bertz CT molecular complexity index is 583. The Kier molecular flexibility index (Phi) is 11.2. The minimum atomic E-state index is -4.33. The third-order valence-electron chi connectivity index (χ3n) is 4.28. The maximum atomic E-state index is 12.8. The Morgan fingerprint density at radius 2 is 1.96 bits per heavy atom. The van der Waals surface area contributed by atoms with Crippen LogP contribution in [0.2, 0.25) is 0 Å². The lowest BCUT2D eigenvalue weighted by molar-refractivity contribution is -0.137. The second-order valence-electron chi connectivity index (χ2n) is 6.32. The lowest BCUT2D eigenvalue weighted by Gasteiger charge is -2.33. The van der Waals surface area contributed by atoms with E-state index in [2.05, 4.69) is 10.2 Å². The highest BCUT2D eigenvalue weighted by atomic mass is 35.5. The molecule has 1 aromatic carbocycles. The van der Waals surface area contributed by atoms with Gasteiger partial charge in [0.25, 0.3) is 0 Å². The highest BCUT2D eigenvalue weighted by Crippen LogP contribution is 2.30. The standard InChI is InChI=1S/C17H24F3N3O2.2ClH/c1-25-11-15(21)16(24)22-14-5-7-23(8-6-14)10-12-3-2-4-13(9-12)17(18,19)20;;/h2-4,9,14-15H,5-8,10-11,21H2,1H3,(H,22,24);2*1H. The van der Waals surface area contributed by atoms with E-state index in [1.807, 2.05) is 0 Å². The lowest BCUT2D eigenvalue weighted by Crippen LogP contribution is -2.50. The van der Waals surface area contributed by atoms with Gasteiger partial charge in [0.15, 0.2) is 0 Å². The molecule has 5 nitrogen and oxygen atoms in total. The van der Waals surface area contributed by atoms with Crippen LogP contribution in [0.5, 0.6) is 0 Å². The summed E-state index contributed by atoms with van der Waals surface area (Å²) in [4.78, 5) is 14.0. The molecule has 1 aliphatic rings. The number of carbonyl (C=O) groups excluding carboxylic acids is 1. The Morgan fingerprint density at radius 3 is 2.52 bits per heavy atom. The van der Waals surface area contributed by atoms with Gasteiger partial charge in [-0.25, -0.2) is 0 Å². The van der Waals surface area contributed by atoms with Gasteiger partial charge in [-0.1, -0.05) is 18.2 Å². The van der Waals surface area contributed by atoms with Crippen LogP contribution < -0.4 is 11.1 Å². The van der Waals surface area contributed by atoms with Gasteiger partial charge in [-0.05, 0) is 24.5 Å². The largest absolute Gasteiger partial charge is 0.416 e. The van der Waals surface area contributed by atoms with Crippen LogP contribution in [-0.4, -0.2) is 49.7 Å². The molecule has 1 atom stereocenters. The minimum Gasteiger partial charge on any atom is -0.383 e. The molecule has 0 spiro atoms. The van der Waals surface area contributed by atoms with Gasteiger partial charge in [-0.3, -0.25) is 9.69 Å². The van der Waals surface area contributed by atoms with Crippen LogP contribution in [0.3, 0.4) is 0 Å². The first-order valence-electron chi connectivity index (χ1n) is 8.23. The first-order valence-corrected chi connectivity index (χ1v) is 8.23. The highest BCUT2D eigenvalue weighted by molar-refractivity contribution is 5.85. The zero-order valence-electron chi connectivity index (χ0n) is 15.0. The van der Waals surface area contributed by atoms with Crippen LogP contribution in [0.1, 0.15) is 24.0 Å². The molecule has 2 rings (SSSR count). The van der Waals surface area contributed by atoms with Crippen molar-refractivity contribution in [3.63, 3.8) is 0 Å². The van der Waals surface area contributed by atoms with Crippen LogP contribution >= 0.6 is 24.8 Å². The third-order valence-corrected chi connectivity index (χ3v) is 4.28. The predicted octanol–water partition coefficient (Wildman–Crippen LogP) is 2.60. The molecule has 1 fully saturated rings. The van der Waals surface area contributed by atoms with Crippen molar-refractivity contribution in [2.24, 2.45) is 5.73 Å². The molecule has 1 amide bonds. The van der Waals surface area contributed by atoms with E-state index < -0.39 is 17.8 Å². The van der Waals surface area contributed by atoms with Crippen molar-refractivity contribution in [1.82, 2.24) is 10.2 Å². The van der Waals surface area contributed by atoms with Gasteiger partial charge in [0, 0.05) is 32.8 Å². The van der Waals surface area contributed by atoms with Crippen molar-refractivity contribution in [2.45, 2.75) is 37.6 Å². The predicted molar refractivity (Wildman–Crippen MR) is 102 cm³/mol. The molecule has 1 saturated heterocycles. The number of methoxy groups -OCH3 is 1. The molecule has 1 heterocycles. The summed E-state index contributed by atoms with van der Waals surface area (Å²) in [6.07, 6.45) is -2.84. The summed E-state index contributed by atoms with van der Waals surface area (Å²) in [6, 6.07) is 4.75. The van der Waals surface area contributed by atoms with Gasteiger partial charge in [-0.2, -0.15) is 13.2 Å². The van der Waals surface area contributed by atoms with Crippen molar-refractivity contribution < 1.29 is 22.7 Å². The van der Waals surface area contributed by atoms with Crippen LogP contribution in [0, 0.1) is 0 Å². The zero-order chi connectivity index (χ0) is 18.4. The zero-order valence-corrected chi connectivity index (χ0v) is 16.6. The van der Waals surface area contributed by atoms with Gasteiger partial charge < -0.3 is 15.8 Å². The van der Waals surface area contributed by atoms with E-state index in [1.165, 1.54) is 19.2 Å². The molecule has 0 aliphatic carbocycles. The number of piperidine rings is 1. The number of halogens is 5. The second kappa shape index (κ2) is 11.7. The number of carbonyl (C=O) groups is 1. The fourth-order valence-electron chi connectivity index (χ4n) is 2.90. The van der Waals surface area contributed by atoms with Crippen LogP contribution in [-0.2, 0) is 22.3 Å². The fraction of sp³-hybridized carbons (Fsp3) is 0.588. The molecule has 1 unspecified atom stereocenters. The molecule has 3 N–H and O–H groups in total. The fourth-order valence-corrected chi connectivity index (χ4v) is 2.90. The average Bonchev–Trinajstić information content (AvgIpc) is 2.56. The number of amides is 1. The van der Waals surface area contributed by atoms with Crippen molar-refractivity contribution in [3.8, 4) is 0 Å². The maximum Gasteiger partial charge on any atom is 0.416 e. The topological polar surface area (TPSA) is 67.6 Å². The molecular weight excluding hydrogens is 406 g/mol. The Hall–Kier alpha value is -1.06. The van der Waals surface area contributed by atoms with E-state index in [9.17, 15) is 18.0 Å². The van der Waals surface area contributed by atoms with Crippen molar-refractivity contribution in [2.75, 3.05) is 26.8 Å². The number of likely N-dealkylation sites (tertiary alicyclic amines) is 1. The smallest absolute Gasteiger partial charge is 0.383 e. The van der Waals surface area contributed by atoms with E-state index in [1.54, 1.807) is 6.07 Å². The van der Waals surface area contributed by atoms with Crippen molar-refractivity contribution >= 4 is 30.7 Å². The van der Waals surface area contributed by atoms with Crippen LogP contribution in [0.15, 0.2) is 24.3 Å². The SMILES string of the molecule is COCC(N)C(=O)NC1CCN(Cc2cccc(C(F)(F)F)c2)CC1.Cl.Cl. The van der Waals surface area contributed by atoms with Gasteiger partial charge in [-0.15, -0.1) is 24.8 Å². The van der Waals surface area contributed by atoms with Crippen LogP contribution in [0.25, 0.3) is 0 Å². The number of ether oxygens (including phenoxy) is 1. The van der Waals surface area contributed by atoms with Gasteiger partial charge in [0.05, 0.1) is 12.2 Å². The Morgan fingerprint density at radius 1 is 1.33 bits per heavy atom. The van der Waals surface area contributed by atoms with E-state index in [4.69, 9.17) is 10.5 Å². The number of nitrogens with one attached hydrogen (secondary N) is 1. The molecule has 0 bridgehead atoms. The molecule has 10 heteroatoms. The molecule has 0 radical (unpaired) electrons. The quantitative estimate of drug-likeness (QED) is 0.726. The van der Waals surface area contributed by atoms with Crippen molar-refractivity contribution in [1.29, 1.82) is 0 Å². The Labute approximate surface area is 169 Å². The molecule has 1 aliphatic heterocycles. The molecule has 1 aromatic rings. The number of benzene rings is 1. The molecule has 27 heavy (non-hydrogen) atoms. The van der Waals surface area contributed by atoms with Gasteiger partial charge >= 0.3 is 6.18 Å². The van der Waals surface area contributed by atoms with Crippen LogP contribution in [0.4, 0.5) is 13.2 Å². The second-order valence-corrected chi connectivity index (χ2v) is 6.32. The summed E-state index contributed by atoms with van der Waals surface area (Å²) in [7, 11) is 1.49. The number of nitrogens with zero attached hydrogens (tertiary/aromatic N) is 1. The summed E-state index contributed by atoms with van der Waals surface area (Å²) < 4.78 is 43.2. The van der Waals surface area contributed by atoms with E-state index in [0.717, 1.165) is 18.9 Å². The van der Waals surface area contributed by atoms with E-state index in [-0.39, 0.29) is 43.4 Å². The number of hydrogen-bond donors (Lipinski definition) is 2. The summed E-state index contributed by atoms with van der Waals surface area (Å²) in [5.74, 6) is -0.238. The molecule has 0 saturated carbocycles. The number of nitrogens with two attached hydrogens (primary N) is 1. The van der Waals surface area contributed by atoms with Crippen molar-refractivity contribution in [3.05, 3.63) is 35.4 Å². The number of hydrogen-bond acceptors (Lipinski definition) is 4. The summed E-state index contributed by atoms with van der Waals surface area (Å²) >= 11 is 0. The normalized spacial score (nSPS) is 16.8. The average molecular weight is 432 g/mol. The van der Waals surface area contributed by atoms with Gasteiger partial charge in [0.2, 0.25) is 5.91 Å². The molecule has 0 aromatic heterocycles. The number of rotatable bonds is 6. The summed E-state index contributed by atoms with van der Waals surface area (Å²) in [5.41, 5.74) is 5.70. The maximum absolute atomic E-state index is 12.8. The van der Waals surface area contributed by atoms with Gasteiger partial charge in [0.1, 0.15) is 6.04 Å². The van der Waals surface area contributed by atoms with E-state index >= 15 is 0 Å². The first-order chi connectivity index (χ1) is 11.8. The van der Waals surface area contributed by atoms with E-state index in [0.29, 0.717) is 25.2 Å².